The van der Waals surface area contributed by atoms with Crippen LogP contribution in [0.2, 0.25) is 0 Å². The summed E-state index contributed by atoms with van der Waals surface area (Å²) in [5, 5.41) is 85.7. The second kappa shape index (κ2) is 22.9. The number of ether oxygens (including phenoxy) is 7. The van der Waals surface area contributed by atoms with E-state index in [2.05, 4.69) is 0 Å². The van der Waals surface area contributed by atoms with E-state index in [9.17, 15) is 40.9 Å². The van der Waals surface area contributed by atoms with E-state index in [-0.39, 0.29) is 91.5 Å². The first kappa shape index (κ1) is 51.7. The second-order valence-corrected chi connectivity index (χ2v) is 16.7. The Hall–Kier alpha value is -5.30. The highest BCUT2D eigenvalue weighted by atomic mass is 16.5. The number of benzene rings is 5. The van der Waals surface area contributed by atoms with Gasteiger partial charge >= 0.3 is 0 Å². The number of rotatable bonds is 24. The number of aromatic hydroxyl groups is 4. The molecule has 15 nitrogen and oxygen atoms in total. The maximum absolute atomic E-state index is 11.4. The summed E-state index contributed by atoms with van der Waals surface area (Å²) in [5.74, 6) is -0.0240. The van der Waals surface area contributed by atoms with Crippen molar-refractivity contribution >= 4 is 0 Å². The minimum absolute atomic E-state index is 0.0410. The van der Waals surface area contributed by atoms with Gasteiger partial charge in [0.05, 0.1) is 71.5 Å². The molecule has 0 aliphatic carbocycles. The lowest BCUT2D eigenvalue weighted by Gasteiger charge is -2.36. The van der Waals surface area contributed by atoms with Gasteiger partial charge in [0.25, 0.3) is 0 Å². The van der Waals surface area contributed by atoms with Crippen LogP contribution in [0, 0.1) is 0 Å². The largest absolute Gasteiger partial charge is 0.507 e. The lowest BCUT2D eigenvalue weighted by molar-refractivity contribution is 0.165. The number of methoxy groups -OCH3 is 6. The summed E-state index contributed by atoms with van der Waals surface area (Å²) in [5.41, 5.74) is 4.99. The molecule has 0 unspecified atom stereocenters. The zero-order chi connectivity index (χ0) is 48.3. The van der Waals surface area contributed by atoms with E-state index in [1.165, 1.54) is 0 Å². The molecule has 15 heteroatoms. The molecule has 0 spiro atoms. The van der Waals surface area contributed by atoms with Gasteiger partial charge in [-0.05, 0) is 102 Å². The third-order valence-electron chi connectivity index (χ3n) is 12.3. The first-order valence-electron chi connectivity index (χ1n) is 21.2. The van der Waals surface area contributed by atoms with Gasteiger partial charge in [-0.3, -0.25) is 0 Å². The van der Waals surface area contributed by atoms with Crippen molar-refractivity contribution in [2.45, 2.75) is 90.7 Å². The Morgan fingerprint density at radius 3 is 0.833 bits per heavy atom. The summed E-state index contributed by atoms with van der Waals surface area (Å²) in [6, 6.07) is 17.9. The smallest absolute Gasteiger partial charge is 0.130 e. The molecule has 66 heavy (non-hydrogen) atoms. The summed E-state index contributed by atoms with van der Waals surface area (Å²) in [7, 11) is 9.30. The predicted molar refractivity (Wildman–Crippen MR) is 244 cm³/mol. The van der Waals surface area contributed by atoms with E-state index in [1.54, 1.807) is 66.9 Å². The number of hydrogen-bond acceptors (Lipinski definition) is 15. The molecule has 5 rings (SSSR count). The topological polar surface area (TPSA) is 226 Å². The Bertz CT molecular complexity index is 2190. The molecular weight excluding hydrogens is 853 g/mol. The van der Waals surface area contributed by atoms with Crippen LogP contribution in [0.25, 0.3) is 0 Å². The highest BCUT2D eigenvalue weighted by molar-refractivity contribution is 5.60. The van der Waals surface area contributed by atoms with E-state index in [4.69, 9.17) is 33.2 Å². The van der Waals surface area contributed by atoms with Gasteiger partial charge in [-0.2, -0.15) is 0 Å². The molecule has 0 amide bonds. The van der Waals surface area contributed by atoms with Crippen LogP contribution in [0.3, 0.4) is 0 Å². The van der Waals surface area contributed by atoms with Crippen molar-refractivity contribution in [3.63, 3.8) is 0 Å². The maximum atomic E-state index is 11.4. The Morgan fingerprint density at radius 1 is 0.348 bits per heavy atom. The molecule has 0 saturated heterocycles. The molecule has 0 aliphatic rings. The van der Waals surface area contributed by atoms with E-state index in [1.807, 2.05) is 50.2 Å². The molecular formula is C51H64O15. The van der Waals surface area contributed by atoms with Crippen molar-refractivity contribution in [2.24, 2.45) is 0 Å². The third-order valence-corrected chi connectivity index (χ3v) is 12.3. The fourth-order valence-electron chi connectivity index (χ4n) is 8.60. The Kier molecular flexibility index (Phi) is 18.0. The van der Waals surface area contributed by atoms with Gasteiger partial charge in [0, 0.05) is 104 Å². The van der Waals surface area contributed by atoms with Crippen molar-refractivity contribution in [3.8, 4) is 28.7 Å². The summed E-state index contributed by atoms with van der Waals surface area (Å²) in [6.07, 6.45) is 0. The van der Waals surface area contributed by atoms with Crippen molar-refractivity contribution < 1.29 is 74.0 Å². The number of phenols is 4. The third kappa shape index (κ3) is 10.5. The fourth-order valence-corrected chi connectivity index (χ4v) is 8.60. The monoisotopic (exact) mass is 916 g/mol. The molecule has 5 aromatic carbocycles. The average Bonchev–Trinajstić information content (AvgIpc) is 3.31. The average molecular weight is 917 g/mol. The number of aliphatic hydroxyl groups excluding tert-OH is 4. The van der Waals surface area contributed by atoms with Crippen LogP contribution >= 0.6 is 0 Å². The van der Waals surface area contributed by atoms with E-state index < -0.39 is 37.3 Å². The van der Waals surface area contributed by atoms with Crippen molar-refractivity contribution in [3.05, 3.63) is 144 Å². The van der Waals surface area contributed by atoms with E-state index >= 15 is 0 Å². The van der Waals surface area contributed by atoms with Crippen LogP contribution in [-0.2, 0) is 105 Å². The highest BCUT2D eigenvalue weighted by Crippen LogP contribution is 2.47. The zero-order valence-electron chi connectivity index (χ0n) is 39.0. The summed E-state index contributed by atoms with van der Waals surface area (Å²) < 4.78 is 40.8. The standard InChI is InChI=1S/C51H64O15/c1-50(40-9-30(19-52)45(56)31(10-40)20-53,41-11-32(21-54)46(57)33(12-41)22-55)29-66-49-38(27-64-7)17-44(18-39(49)28-65-8)51(2,42-13-34(23-60-3)47(58)35(14-42)24-61-4)43-15-36(25-62-5)48(59)37(16-43)26-63-6/h9-18,52-59H,19-29H2,1-8H3. The van der Waals surface area contributed by atoms with Gasteiger partial charge in [0.15, 0.2) is 0 Å². The number of hydrogen-bond donors (Lipinski definition) is 8. The SMILES string of the molecule is COCc1cc(C(C)(c2cc(COC)c(O)c(COC)c2)c2cc(COC)c(OCC(C)(c3cc(CO)c(O)c(CO)c3)c3cc(CO)c(O)c(CO)c3)c(COC)c2)cc(COC)c1O. The van der Waals surface area contributed by atoms with Crippen molar-refractivity contribution in [1.82, 2.24) is 0 Å². The van der Waals surface area contributed by atoms with Crippen LogP contribution < -0.4 is 4.74 Å². The van der Waals surface area contributed by atoms with Crippen LogP contribution in [0.1, 0.15) is 97.3 Å². The highest BCUT2D eigenvalue weighted by Gasteiger charge is 2.38. The maximum Gasteiger partial charge on any atom is 0.130 e. The molecule has 8 N–H and O–H groups in total. The molecule has 0 fully saturated rings. The van der Waals surface area contributed by atoms with Crippen LogP contribution in [0.15, 0.2) is 60.7 Å². The fraction of sp³-hybridized carbons (Fsp3) is 0.412. The van der Waals surface area contributed by atoms with Gasteiger partial charge in [0.1, 0.15) is 35.4 Å². The van der Waals surface area contributed by atoms with E-state index in [0.717, 1.165) is 16.7 Å². The summed E-state index contributed by atoms with van der Waals surface area (Å²) in [4.78, 5) is 0. The number of phenolic OH excluding ortho intramolecular Hbond substituents is 2. The molecule has 358 valence electrons. The van der Waals surface area contributed by atoms with Gasteiger partial charge in [0.2, 0.25) is 0 Å². The van der Waals surface area contributed by atoms with Gasteiger partial charge in [-0.15, -0.1) is 0 Å². The lowest BCUT2D eigenvalue weighted by atomic mass is 9.69. The predicted octanol–water partition coefficient (Wildman–Crippen LogP) is 6.10. The van der Waals surface area contributed by atoms with Gasteiger partial charge in [-0.25, -0.2) is 0 Å². The molecule has 0 atom stereocenters. The van der Waals surface area contributed by atoms with Crippen LogP contribution in [-0.4, -0.2) is 90.1 Å². The molecule has 0 heterocycles. The Balaban J connectivity index is 1.84. The summed E-state index contributed by atoms with van der Waals surface area (Å²) in [6.45, 7) is 2.12. The lowest BCUT2D eigenvalue weighted by Crippen LogP contribution is -2.33. The first-order valence-corrected chi connectivity index (χ1v) is 21.2. The van der Waals surface area contributed by atoms with Gasteiger partial charge < -0.3 is 74.0 Å². The Morgan fingerprint density at radius 2 is 0.576 bits per heavy atom. The molecule has 0 saturated carbocycles. The second-order valence-electron chi connectivity index (χ2n) is 16.7. The summed E-state index contributed by atoms with van der Waals surface area (Å²) >= 11 is 0. The minimum Gasteiger partial charge on any atom is -0.507 e. The van der Waals surface area contributed by atoms with Crippen LogP contribution in [0.4, 0.5) is 0 Å². The van der Waals surface area contributed by atoms with Crippen LogP contribution in [0.5, 0.6) is 28.7 Å². The molecule has 0 aromatic heterocycles. The molecule has 0 bridgehead atoms. The number of aliphatic hydroxyl groups is 4. The van der Waals surface area contributed by atoms with Crippen molar-refractivity contribution in [2.75, 3.05) is 49.3 Å². The normalized spacial score (nSPS) is 12.0. The van der Waals surface area contributed by atoms with Crippen molar-refractivity contribution in [1.29, 1.82) is 0 Å². The van der Waals surface area contributed by atoms with E-state index in [0.29, 0.717) is 50.3 Å². The Labute approximate surface area is 385 Å². The quantitative estimate of drug-likeness (QED) is 0.0328. The molecule has 0 radical (unpaired) electrons. The van der Waals surface area contributed by atoms with Gasteiger partial charge in [-0.1, -0.05) is 0 Å². The zero-order valence-corrected chi connectivity index (χ0v) is 39.0. The molecule has 0 aliphatic heterocycles. The minimum atomic E-state index is -1.20. The first-order chi connectivity index (χ1) is 31.7. The molecule has 5 aromatic rings.